The number of rotatable bonds is 0. The van der Waals surface area contributed by atoms with Gasteiger partial charge in [-0.1, -0.05) is 0 Å². The summed E-state index contributed by atoms with van der Waals surface area (Å²) in [5.74, 6) is -8.63. The number of ether oxygens (including phenoxy) is 1. The first-order chi connectivity index (χ1) is 4.88. The van der Waals surface area contributed by atoms with Crippen molar-refractivity contribution in [2.75, 3.05) is 6.61 Å². The molecular weight excluding hydrogens is 168 g/mol. The van der Waals surface area contributed by atoms with E-state index in [9.17, 15) is 17.6 Å². The number of alkyl halides is 4. The van der Waals surface area contributed by atoms with Gasteiger partial charge < -0.3 is 9.84 Å². The van der Waals surface area contributed by atoms with Gasteiger partial charge in [-0.05, 0) is 0 Å². The number of aliphatic hydroxyl groups is 1. The van der Waals surface area contributed by atoms with E-state index in [1.807, 2.05) is 0 Å². The Morgan fingerprint density at radius 1 is 1.27 bits per heavy atom. The molecule has 0 aliphatic carbocycles. The minimum atomic E-state index is -4.47. The summed E-state index contributed by atoms with van der Waals surface area (Å²) in [5, 5.41) is 8.32. The Morgan fingerprint density at radius 3 is 2.18 bits per heavy atom. The molecule has 1 aliphatic heterocycles. The maximum absolute atomic E-state index is 12.3. The highest BCUT2D eigenvalue weighted by Gasteiger charge is 2.63. The molecule has 0 aromatic carbocycles. The fraction of sp³-hybridized carbons (Fsp3) is 1.00. The van der Waals surface area contributed by atoms with Crippen molar-refractivity contribution in [1.82, 2.24) is 0 Å². The molecule has 1 heterocycles. The summed E-state index contributed by atoms with van der Waals surface area (Å²) < 4.78 is 52.9. The third-order valence-corrected chi connectivity index (χ3v) is 1.49. The second-order valence-corrected chi connectivity index (χ2v) is 2.30. The Balaban J connectivity index is 2.82. The third kappa shape index (κ3) is 1.20. The molecule has 0 aromatic heterocycles. The summed E-state index contributed by atoms with van der Waals surface area (Å²) in [4.78, 5) is 0. The molecule has 66 valence electrons. The van der Waals surface area contributed by atoms with Crippen LogP contribution in [0.4, 0.5) is 17.6 Å². The molecule has 1 atom stereocenters. The van der Waals surface area contributed by atoms with E-state index >= 15 is 0 Å². The zero-order chi connectivity index (χ0) is 8.70. The van der Waals surface area contributed by atoms with E-state index in [1.165, 1.54) is 0 Å². The van der Waals surface area contributed by atoms with Gasteiger partial charge in [-0.25, -0.2) is 0 Å². The van der Waals surface area contributed by atoms with Gasteiger partial charge in [0.05, 0.1) is 6.61 Å². The van der Waals surface area contributed by atoms with Crippen molar-refractivity contribution >= 4 is 0 Å². The highest BCUT2D eigenvalue weighted by molar-refractivity contribution is 4.90. The zero-order valence-electron chi connectivity index (χ0n) is 5.36. The molecule has 1 N–H and O–H groups in total. The van der Waals surface area contributed by atoms with Crippen LogP contribution in [0.3, 0.4) is 0 Å². The molecule has 0 spiro atoms. The van der Waals surface area contributed by atoms with Crippen molar-refractivity contribution in [1.29, 1.82) is 0 Å². The summed E-state index contributed by atoms with van der Waals surface area (Å²) in [6, 6.07) is 0. The smallest absolute Gasteiger partial charge is 0.359 e. The molecule has 0 saturated carbocycles. The van der Waals surface area contributed by atoms with E-state index in [2.05, 4.69) is 4.74 Å². The van der Waals surface area contributed by atoms with Crippen molar-refractivity contribution in [2.45, 2.75) is 24.6 Å². The maximum atomic E-state index is 12.3. The van der Waals surface area contributed by atoms with E-state index in [1.54, 1.807) is 0 Å². The van der Waals surface area contributed by atoms with Gasteiger partial charge in [0.2, 0.25) is 6.29 Å². The Bertz CT molecular complexity index is 159. The first-order valence-corrected chi connectivity index (χ1v) is 2.93. The highest BCUT2D eigenvalue weighted by atomic mass is 19.3. The van der Waals surface area contributed by atoms with Crippen molar-refractivity contribution in [3.63, 3.8) is 0 Å². The standard InChI is InChI=1S/C5H6F4O2/c6-4(7)1-2-11-3(10)5(4,8)9/h3,10H,1-2H2. The molecule has 0 aromatic rings. The molecule has 1 aliphatic rings. The number of hydrogen-bond donors (Lipinski definition) is 1. The zero-order valence-corrected chi connectivity index (χ0v) is 5.36. The van der Waals surface area contributed by atoms with Crippen LogP contribution in [0.2, 0.25) is 0 Å². The predicted molar refractivity (Wildman–Crippen MR) is 26.5 cm³/mol. The van der Waals surface area contributed by atoms with Crippen molar-refractivity contribution in [3.8, 4) is 0 Å². The summed E-state index contributed by atoms with van der Waals surface area (Å²) >= 11 is 0. The summed E-state index contributed by atoms with van der Waals surface area (Å²) in [6.07, 6.45) is -3.75. The van der Waals surface area contributed by atoms with Gasteiger partial charge >= 0.3 is 11.8 Å². The van der Waals surface area contributed by atoms with Gasteiger partial charge in [0.15, 0.2) is 0 Å². The van der Waals surface area contributed by atoms with Gasteiger partial charge in [-0.15, -0.1) is 0 Å². The lowest BCUT2D eigenvalue weighted by Gasteiger charge is -2.34. The Labute approximate surface area is 59.8 Å². The van der Waals surface area contributed by atoms with Crippen LogP contribution in [0, 0.1) is 0 Å². The summed E-state index contributed by atoms with van der Waals surface area (Å²) in [5.41, 5.74) is 0. The Hall–Kier alpha value is -0.360. The Kier molecular flexibility index (Phi) is 1.84. The van der Waals surface area contributed by atoms with E-state index in [0.29, 0.717) is 0 Å². The molecule has 1 rings (SSSR count). The van der Waals surface area contributed by atoms with Crippen LogP contribution in [0.25, 0.3) is 0 Å². The van der Waals surface area contributed by atoms with Gasteiger partial charge in [0.1, 0.15) is 0 Å². The highest BCUT2D eigenvalue weighted by Crippen LogP contribution is 2.42. The predicted octanol–water partition coefficient (Wildman–Crippen LogP) is 0.996. The lowest BCUT2D eigenvalue weighted by Crippen LogP contribution is -2.55. The quantitative estimate of drug-likeness (QED) is 0.555. The van der Waals surface area contributed by atoms with Crippen LogP contribution in [-0.2, 0) is 4.74 Å². The molecule has 0 bridgehead atoms. The van der Waals surface area contributed by atoms with Crippen LogP contribution >= 0.6 is 0 Å². The fourth-order valence-electron chi connectivity index (χ4n) is 0.751. The number of aliphatic hydroxyl groups excluding tert-OH is 1. The minimum absolute atomic E-state index is 0.552. The SMILES string of the molecule is OC1OCCC(F)(F)C1(F)F. The molecule has 6 heteroatoms. The maximum Gasteiger partial charge on any atom is 0.359 e. The topological polar surface area (TPSA) is 29.5 Å². The third-order valence-electron chi connectivity index (χ3n) is 1.49. The van der Waals surface area contributed by atoms with Crippen LogP contribution in [-0.4, -0.2) is 29.8 Å². The lowest BCUT2D eigenvalue weighted by molar-refractivity contribution is -0.347. The second kappa shape index (κ2) is 2.31. The van der Waals surface area contributed by atoms with Crippen molar-refractivity contribution < 1.29 is 27.4 Å². The van der Waals surface area contributed by atoms with Crippen molar-refractivity contribution in [2.24, 2.45) is 0 Å². The van der Waals surface area contributed by atoms with Crippen LogP contribution in [0.5, 0.6) is 0 Å². The molecular formula is C5H6F4O2. The second-order valence-electron chi connectivity index (χ2n) is 2.30. The first kappa shape index (κ1) is 8.73. The molecule has 1 unspecified atom stereocenters. The van der Waals surface area contributed by atoms with Gasteiger partial charge in [-0.2, -0.15) is 17.6 Å². The summed E-state index contributed by atoms with van der Waals surface area (Å²) in [7, 11) is 0. The van der Waals surface area contributed by atoms with Crippen LogP contribution in [0.1, 0.15) is 6.42 Å². The normalized spacial score (nSPS) is 35.2. The average Bonchev–Trinajstić information content (AvgIpc) is 1.84. The Morgan fingerprint density at radius 2 is 1.82 bits per heavy atom. The fourth-order valence-corrected chi connectivity index (χ4v) is 0.751. The van der Waals surface area contributed by atoms with E-state index in [-0.39, 0.29) is 0 Å². The molecule has 0 radical (unpaired) electrons. The molecule has 2 nitrogen and oxygen atoms in total. The monoisotopic (exact) mass is 174 g/mol. The molecule has 11 heavy (non-hydrogen) atoms. The molecule has 0 amide bonds. The largest absolute Gasteiger partial charge is 0.363 e. The van der Waals surface area contributed by atoms with Gasteiger partial charge in [0, 0.05) is 6.42 Å². The van der Waals surface area contributed by atoms with E-state index in [4.69, 9.17) is 5.11 Å². The van der Waals surface area contributed by atoms with Gasteiger partial charge in [0.25, 0.3) is 0 Å². The van der Waals surface area contributed by atoms with Gasteiger partial charge in [-0.3, -0.25) is 0 Å². The minimum Gasteiger partial charge on any atom is -0.363 e. The molecule has 1 fully saturated rings. The number of halogens is 4. The van der Waals surface area contributed by atoms with Crippen LogP contribution < -0.4 is 0 Å². The van der Waals surface area contributed by atoms with E-state index in [0.717, 1.165) is 0 Å². The molecule has 1 saturated heterocycles. The first-order valence-electron chi connectivity index (χ1n) is 2.93. The summed E-state index contributed by atoms with van der Waals surface area (Å²) in [6.45, 7) is -0.552. The van der Waals surface area contributed by atoms with Crippen molar-refractivity contribution in [3.05, 3.63) is 0 Å². The average molecular weight is 174 g/mol. The lowest BCUT2D eigenvalue weighted by atomic mass is 10.1. The van der Waals surface area contributed by atoms with E-state index < -0.39 is 31.2 Å². The number of hydrogen-bond acceptors (Lipinski definition) is 2. The van der Waals surface area contributed by atoms with Crippen LogP contribution in [0.15, 0.2) is 0 Å².